The quantitative estimate of drug-likeness (QED) is 0.238. The van der Waals surface area contributed by atoms with E-state index in [-0.39, 0.29) is 0 Å². The van der Waals surface area contributed by atoms with Crippen molar-refractivity contribution in [1.29, 1.82) is 0 Å². The highest BCUT2D eigenvalue weighted by atomic mass is 16.7. The van der Waals surface area contributed by atoms with E-state index in [9.17, 15) is 0 Å². The topological polar surface area (TPSA) is 23.4 Å². The third-order valence-corrected chi connectivity index (χ3v) is 8.72. The van der Waals surface area contributed by atoms with E-state index < -0.39 is 18.3 Å². The fourth-order valence-corrected chi connectivity index (χ4v) is 6.02. The molecule has 1 saturated heterocycles. The lowest BCUT2D eigenvalue weighted by Gasteiger charge is -2.32. The van der Waals surface area contributed by atoms with Crippen LogP contribution in [0.4, 0.5) is 0 Å². The van der Waals surface area contributed by atoms with E-state index in [0.717, 1.165) is 35.1 Å². The highest BCUT2D eigenvalue weighted by Gasteiger charge is 2.52. The summed E-state index contributed by atoms with van der Waals surface area (Å²) in [6.45, 7) is 8.46. The molecule has 2 heterocycles. The highest BCUT2D eigenvalue weighted by Crippen LogP contribution is 2.40. The summed E-state index contributed by atoms with van der Waals surface area (Å²) >= 11 is 0. The van der Waals surface area contributed by atoms with E-state index in [1.807, 2.05) is 0 Å². The van der Waals surface area contributed by atoms with E-state index in [1.165, 1.54) is 32.9 Å². The number of benzene rings is 4. The van der Waals surface area contributed by atoms with Gasteiger partial charge < -0.3 is 13.9 Å². The molecule has 0 unspecified atom stereocenters. The van der Waals surface area contributed by atoms with E-state index in [4.69, 9.17) is 9.31 Å². The van der Waals surface area contributed by atoms with E-state index >= 15 is 0 Å². The van der Waals surface area contributed by atoms with Gasteiger partial charge in [0.1, 0.15) is 0 Å². The average Bonchev–Trinajstić information content (AvgIpc) is 3.38. The first kappa shape index (κ1) is 23.5. The lowest BCUT2D eigenvalue weighted by molar-refractivity contribution is 0.00578. The zero-order valence-electron chi connectivity index (χ0n) is 22.5. The monoisotopic (exact) mass is 497 g/mol. The van der Waals surface area contributed by atoms with Crippen molar-refractivity contribution in [3.8, 4) is 16.8 Å². The maximum absolute atomic E-state index is 6.60. The van der Waals surface area contributed by atoms with Crippen LogP contribution in [0.15, 0.2) is 91.0 Å². The molecule has 0 atom stereocenters. The molecule has 2 aliphatic rings. The molecule has 4 aromatic carbocycles. The molecule has 3 nitrogen and oxygen atoms in total. The number of nitrogens with zero attached hydrogens (tertiary/aromatic N) is 1. The number of aryl methyl sites for hydroxylation is 1. The van der Waals surface area contributed by atoms with Crippen LogP contribution in [0.3, 0.4) is 0 Å². The molecular formula is C34H32BNO2. The third kappa shape index (κ3) is 3.51. The number of allylic oxidation sites excluding steroid dienone is 1. The van der Waals surface area contributed by atoms with Crippen LogP contribution in [0.25, 0.3) is 44.6 Å². The lowest BCUT2D eigenvalue weighted by atomic mass is 9.74. The molecular weight excluding hydrogens is 465 g/mol. The Kier molecular flexibility index (Phi) is 5.23. The number of aromatic nitrogens is 1. The second-order valence-corrected chi connectivity index (χ2v) is 11.5. The summed E-state index contributed by atoms with van der Waals surface area (Å²) in [6.07, 6.45) is 6.72. The number of hydrogen-bond acceptors (Lipinski definition) is 2. The van der Waals surface area contributed by atoms with Crippen LogP contribution in [0, 0.1) is 0 Å². The van der Waals surface area contributed by atoms with Crippen molar-refractivity contribution in [2.45, 2.75) is 51.7 Å². The Morgan fingerprint density at radius 2 is 1.53 bits per heavy atom. The first-order valence-corrected chi connectivity index (χ1v) is 13.6. The fraction of sp³-hybridized carbons (Fsp3) is 0.235. The van der Waals surface area contributed by atoms with Crippen molar-refractivity contribution in [3.05, 3.63) is 102 Å². The SMILES string of the molecule is CC1(C)OB(c2cc(-n3c4c(c5c6ccccc6ccc53)CCC=C4)ccc2-c2ccccc2)OC1(C)C. The van der Waals surface area contributed by atoms with Gasteiger partial charge in [0.05, 0.1) is 16.7 Å². The van der Waals surface area contributed by atoms with Gasteiger partial charge in [0, 0.05) is 16.8 Å². The van der Waals surface area contributed by atoms with Gasteiger partial charge in [-0.2, -0.15) is 0 Å². The van der Waals surface area contributed by atoms with Crippen molar-refractivity contribution < 1.29 is 9.31 Å². The Hall–Kier alpha value is -3.60. The molecule has 0 radical (unpaired) electrons. The van der Waals surface area contributed by atoms with Gasteiger partial charge in [0.15, 0.2) is 0 Å². The molecule has 1 fully saturated rings. The predicted molar refractivity (Wildman–Crippen MR) is 159 cm³/mol. The Balaban J connectivity index is 1.48. The molecule has 1 aliphatic heterocycles. The Morgan fingerprint density at radius 1 is 0.789 bits per heavy atom. The maximum atomic E-state index is 6.60. The summed E-state index contributed by atoms with van der Waals surface area (Å²) in [7, 11) is -0.454. The number of hydrogen-bond donors (Lipinski definition) is 0. The van der Waals surface area contributed by atoms with Gasteiger partial charge in [-0.25, -0.2) is 0 Å². The summed E-state index contributed by atoms with van der Waals surface area (Å²) in [4.78, 5) is 0. The van der Waals surface area contributed by atoms with Crippen LogP contribution >= 0.6 is 0 Å². The van der Waals surface area contributed by atoms with Crippen molar-refractivity contribution in [2.75, 3.05) is 0 Å². The molecule has 0 spiro atoms. The zero-order chi connectivity index (χ0) is 26.1. The fourth-order valence-electron chi connectivity index (χ4n) is 6.02. The summed E-state index contributed by atoms with van der Waals surface area (Å²) in [5, 5.41) is 3.97. The Bertz CT molecular complexity index is 1710. The molecule has 5 aromatic rings. The van der Waals surface area contributed by atoms with Crippen molar-refractivity contribution in [1.82, 2.24) is 4.57 Å². The molecule has 1 aliphatic carbocycles. The highest BCUT2D eigenvalue weighted by molar-refractivity contribution is 6.64. The van der Waals surface area contributed by atoms with E-state index in [0.29, 0.717) is 0 Å². The van der Waals surface area contributed by atoms with Crippen LogP contribution in [0.1, 0.15) is 45.4 Å². The van der Waals surface area contributed by atoms with Crippen molar-refractivity contribution in [2.24, 2.45) is 0 Å². The second kappa shape index (κ2) is 8.46. The first-order valence-electron chi connectivity index (χ1n) is 13.6. The molecule has 1 aromatic heterocycles. The predicted octanol–water partition coefficient (Wildman–Crippen LogP) is 7.71. The number of fused-ring (bicyclic) bond motifs is 5. The molecule has 7 rings (SSSR count). The average molecular weight is 497 g/mol. The lowest BCUT2D eigenvalue weighted by Crippen LogP contribution is -2.41. The first-order chi connectivity index (χ1) is 18.3. The minimum atomic E-state index is -0.454. The smallest absolute Gasteiger partial charge is 0.399 e. The van der Waals surface area contributed by atoms with Gasteiger partial charge in [0.25, 0.3) is 0 Å². The molecule has 0 N–H and O–H groups in total. The van der Waals surface area contributed by atoms with Crippen molar-refractivity contribution in [3.63, 3.8) is 0 Å². The van der Waals surface area contributed by atoms with Crippen molar-refractivity contribution >= 4 is 40.3 Å². The van der Waals surface area contributed by atoms with Crippen LogP contribution in [-0.2, 0) is 15.7 Å². The zero-order valence-corrected chi connectivity index (χ0v) is 22.5. The van der Waals surface area contributed by atoms with Gasteiger partial charge >= 0.3 is 7.12 Å². The summed E-state index contributed by atoms with van der Waals surface area (Å²) in [5.74, 6) is 0. The standard InChI is InChI=1S/C34H32BNO2/c1-33(2)34(3,4)38-35(37-33)29-22-25(19-20-26(29)23-12-6-5-7-13-23)36-30-17-11-10-16-28(30)32-27-15-9-8-14-24(27)18-21-31(32)36/h5-9,11-15,17-22H,10,16H2,1-4H3. The third-order valence-electron chi connectivity index (χ3n) is 8.72. The largest absolute Gasteiger partial charge is 0.495 e. The normalized spacial score (nSPS) is 17.8. The molecule has 0 amide bonds. The van der Waals surface area contributed by atoms with Crippen LogP contribution < -0.4 is 5.46 Å². The van der Waals surface area contributed by atoms with Gasteiger partial charge in [-0.1, -0.05) is 72.8 Å². The van der Waals surface area contributed by atoms with Crippen LogP contribution in [0.2, 0.25) is 0 Å². The summed E-state index contributed by atoms with van der Waals surface area (Å²) in [5.41, 5.74) is 7.61. The molecule has 0 saturated carbocycles. The Labute approximate surface area is 224 Å². The summed E-state index contributed by atoms with van der Waals surface area (Å²) < 4.78 is 15.6. The molecule has 0 bridgehead atoms. The van der Waals surface area contributed by atoms with Gasteiger partial charge in [-0.05, 0) is 97.7 Å². The molecule has 4 heteroatoms. The minimum Gasteiger partial charge on any atom is -0.399 e. The minimum absolute atomic E-state index is 0.414. The van der Waals surface area contributed by atoms with Crippen LogP contribution in [0.5, 0.6) is 0 Å². The van der Waals surface area contributed by atoms with E-state index in [1.54, 1.807) is 0 Å². The second-order valence-electron chi connectivity index (χ2n) is 11.5. The van der Waals surface area contributed by atoms with E-state index in [2.05, 4.69) is 129 Å². The number of rotatable bonds is 3. The van der Waals surface area contributed by atoms with Crippen LogP contribution in [-0.4, -0.2) is 22.9 Å². The van der Waals surface area contributed by atoms with Gasteiger partial charge in [-0.15, -0.1) is 0 Å². The maximum Gasteiger partial charge on any atom is 0.495 e. The van der Waals surface area contributed by atoms with Gasteiger partial charge in [0.2, 0.25) is 0 Å². The molecule has 38 heavy (non-hydrogen) atoms. The Morgan fingerprint density at radius 3 is 2.32 bits per heavy atom. The molecule has 188 valence electrons. The summed E-state index contributed by atoms with van der Waals surface area (Å²) in [6, 6.07) is 30.6. The van der Waals surface area contributed by atoms with Gasteiger partial charge in [-0.3, -0.25) is 0 Å².